The Labute approximate surface area is 255 Å². The van der Waals surface area contributed by atoms with Crippen LogP contribution in [0.25, 0.3) is 0 Å². The van der Waals surface area contributed by atoms with Crippen molar-refractivity contribution in [3.8, 4) is 0 Å². The molecule has 0 aliphatic heterocycles. The predicted molar refractivity (Wildman–Crippen MR) is 177 cm³/mol. The Morgan fingerprint density at radius 3 is 1.37 bits per heavy atom. The van der Waals surface area contributed by atoms with Crippen molar-refractivity contribution in [2.24, 2.45) is 0 Å². The zero-order valence-corrected chi connectivity index (χ0v) is 27.6. The van der Waals surface area contributed by atoms with Crippen LogP contribution in [-0.2, 0) is 14.3 Å². The lowest BCUT2D eigenvalue weighted by Crippen LogP contribution is -2.18. The summed E-state index contributed by atoms with van der Waals surface area (Å²) in [5.74, 6) is -0.862. The van der Waals surface area contributed by atoms with Gasteiger partial charge in [-0.15, -0.1) is 0 Å². The van der Waals surface area contributed by atoms with Crippen LogP contribution >= 0.6 is 0 Å². The fourth-order valence-corrected chi connectivity index (χ4v) is 5.54. The van der Waals surface area contributed by atoms with Gasteiger partial charge >= 0.3 is 11.9 Å². The van der Waals surface area contributed by atoms with Crippen molar-refractivity contribution in [2.45, 2.75) is 213 Å². The summed E-state index contributed by atoms with van der Waals surface area (Å²) in [5, 5.41) is 8.96. The lowest BCUT2D eigenvalue weighted by atomic mass is 10.0. The number of carbonyl (C=O) groups excluding carboxylic acids is 1. The fourth-order valence-electron chi connectivity index (χ4n) is 5.54. The fraction of sp³-hybridized carbons (Fsp3) is 0.892. The Morgan fingerprint density at radius 1 is 0.512 bits per heavy atom. The molecular weight excluding hydrogens is 508 g/mol. The second-order valence-electron chi connectivity index (χ2n) is 12.4. The topological polar surface area (TPSA) is 63.6 Å². The van der Waals surface area contributed by atoms with Gasteiger partial charge in [0.15, 0.2) is 0 Å². The summed E-state index contributed by atoms with van der Waals surface area (Å²) in [5.41, 5.74) is 0. The van der Waals surface area contributed by atoms with Crippen molar-refractivity contribution in [3.63, 3.8) is 0 Å². The van der Waals surface area contributed by atoms with Crippen molar-refractivity contribution in [1.29, 1.82) is 0 Å². The Morgan fingerprint density at radius 2 is 0.902 bits per heavy atom. The average molecular weight is 579 g/mol. The van der Waals surface area contributed by atoms with E-state index in [0.717, 1.165) is 25.7 Å². The van der Waals surface area contributed by atoms with Crippen LogP contribution in [0.4, 0.5) is 0 Å². The molecule has 1 atom stereocenters. The normalized spacial score (nSPS) is 12.2. The van der Waals surface area contributed by atoms with Crippen LogP contribution in [0.5, 0.6) is 0 Å². The molecule has 0 aromatic rings. The maximum atomic E-state index is 12.4. The molecule has 1 unspecified atom stereocenters. The summed E-state index contributed by atoms with van der Waals surface area (Å²) < 4.78 is 5.79. The highest BCUT2D eigenvalue weighted by molar-refractivity contribution is 5.69. The van der Waals surface area contributed by atoms with E-state index in [0.29, 0.717) is 19.3 Å². The van der Waals surface area contributed by atoms with Crippen LogP contribution in [0.2, 0.25) is 0 Å². The molecule has 0 bridgehead atoms. The monoisotopic (exact) mass is 579 g/mol. The number of carboxylic acids is 1. The summed E-state index contributed by atoms with van der Waals surface area (Å²) in [6.07, 6.45) is 39.4. The van der Waals surface area contributed by atoms with Gasteiger partial charge in [-0.3, -0.25) is 9.59 Å². The molecule has 1 N–H and O–H groups in total. The van der Waals surface area contributed by atoms with Crippen LogP contribution in [0.15, 0.2) is 12.2 Å². The minimum Gasteiger partial charge on any atom is -0.481 e. The van der Waals surface area contributed by atoms with E-state index in [-0.39, 0.29) is 18.5 Å². The first kappa shape index (κ1) is 39.7. The predicted octanol–water partition coefficient (Wildman–Crippen LogP) is 12.3. The molecule has 4 heteroatoms. The standard InChI is InChI=1S/C37H70O4/c1-3-5-7-9-11-13-14-15-16-17-18-19-20-21-22-23-25-27-29-34-37(40)41-35(32-30-33-36(38)39)31-28-26-24-12-10-8-6-4-2/h15-16,35H,3-14,17-34H2,1-2H3,(H,38,39)/b16-15-. The van der Waals surface area contributed by atoms with E-state index < -0.39 is 5.97 Å². The summed E-state index contributed by atoms with van der Waals surface area (Å²) >= 11 is 0. The van der Waals surface area contributed by atoms with E-state index in [4.69, 9.17) is 9.84 Å². The molecule has 242 valence electrons. The van der Waals surface area contributed by atoms with E-state index in [1.54, 1.807) is 0 Å². The number of carboxylic acid groups (broad SMARTS) is 1. The second kappa shape index (κ2) is 33.2. The van der Waals surface area contributed by atoms with Gasteiger partial charge in [0.05, 0.1) is 0 Å². The highest BCUT2D eigenvalue weighted by Crippen LogP contribution is 2.18. The second-order valence-corrected chi connectivity index (χ2v) is 12.4. The number of allylic oxidation sites excluding steroid dienone is 2. The van der Waals surface area contributed by atoms with Crippen molar-refractivity contribution in [2.75, 3.05) is 0 Å². The Hall–Kier alpha value is -1.32. The van der Waals surface area contributed by atoms with Gasteiger partial charge < -0.3 is 9.84 Å². The summed E-state index contributed by atoms with van der Waals surface area (Å²) in [6, 6.07) is 0. The van der Waals surface area contributed by atoms with Gasteiger partial charge in [0.2, 0.25) is 0 Å². The van der Waals surface area contributed by atoms with E-state index in [2.05, 4.69) is 26.0 Å². The van der Waals surface area contributed by atoms with Crippen LogP contribution in [0.3, 0.4) is 0 Å². The number of carbonyl (C=O) groups is 2. The smallest absolute Gasteiger partial charge is 0.306 e. The summed E-state index contributed by atoms with van der Waals surface area (Å²) in [4.78, 5) is 23.3. The quantitative estimate of drug-likeness (QED) is 0.0478. The zero-order chi connectivity index (χ0) is 30.1. The molecular formula is C37H70O4. The van der Waals surface area contributed by atoms with Crippen LogP contribution < -0.4 is 0 Å². The number of hydrogen-bond acceptors (Lipinski definition) is 3. The molecule has 0 aliphatic carbocycles. The molecule has 0 radical (unpaired) electrons. The molecule has 4 nitrogen and oxygen atoms in total. The Bertz CT molecular complexity index is 585. The molecule has 0 saturated heterocycles. The van der Waals surface area contributed by atoms with Crippen LogP contribution in [-0.4, -0.2) is 23.1 Å². The lowest BCUT2D eigenvalue weighted by Gasteiger charge is -2.18. The number of unbranched alkanes of at least 4 members (excludes halogenated alkanes) is 22. The first-order valence-corrected chi connectivity index (χ1v) is 18.2. The van der Waals surface area contributed by atoms with Gasteiger partial charge in [-0.2, -0.15) is 0 Å². The van der Waals surface area contributed by atoms with Gasteiger partial charge in [-0.25, -0.2) is 0 Å². The molecule has 0 heterocycles. The maximum Gasteiger partial charge on any atom is 0.306 e. The average Bonchev–Trinajstić information content (AvgIpc) is 2.95. The molecule has 0 fully saturated rings. The largest absolute Gasteiger partial charge is 0.481 e. The first-order valence-electron chi connectivity index (χ1n) is 18.2. The van der Waals surface area contributed by atoms with Crippen LogP contribution in [0.1, 0.15) is 206 Å². The van der Waals surface area contributed by atoms with Crippen molar-refractivity contribution >= 4 is 11.9 Å². The molecule has 0 saturated carbocycles. The molecule has 0 aliphatic rings. The number of esters is 1. The summed E-state index contributed by atoms with van der Waals surface area (Å²) in [7, 11) is 0. The van der Waals surface area contributed by atoms with E-state index in [1.165, 1.54) is 141 Å². The van der Waals surface area contributed by atoms with Gasteiger partial charge in [0.25, 0.3) is 0 Å². The number of ether oxygens (including phenoxy) is 1. The van der Waals surface area contributed by atoms with Crippen molar-refractivity contribution in [3.05, 3.63) is 12.2 Å². The first-order chi connectivity index (χ1) is 20.1. The Kier molecular flexibility index (Phi) is 32.1. The van der Waals surface area contributed by atoms with Gasteiger partial charge in [-0.05, 0) is 57.8 Å². The molecule has 41 heavy (non-hydrogen) atoms. The van der Waals surface area contributed by atoms with Gasteiger partial charge in [0, 0.05) is 12.8 Å². The van der Waals surface area contributed by atoms with Crippen molar-refractivity contribution < 1.29 is 19.4 Å². The zero-order valence-electron chi connectivity index (χ0n) is 27.6. The summed E-state index contributed by atoms with van der Waals surface area (Å²) in [6.45, 7) is 4.52. The van der Waals surface area contributed by atoms with Crippen molar-refractivity contribution in [1.82, 2.24) is 0 Å². The molecule has 0 rings (SSSR count). The molecule has 0 spiro atoms. The highest BCUT2D eigenvalue weighted by atomic mass is 16.5. The lowest BCUT2D eigenvalue weighted by molar-refractivity contribution is -0.150. The van der Waals surface area contributed by atoms with Gasteiger partial charge in [-0.1, -0.05) is 148 Å². The minimum absolute atomic E-state index is 0.0917. The van der Waals surface area contributed by atoms with Gasteiger partial charge in [0.1, 0.15) is 6.10 Å². The van der Waals surface area contributed by atoms with E-state index in [9.17, 15) is 9.59 Å². The Balaban J connectivity index is 3.71. The van der Waals surface area contributed by atoms with E-state index in [1.807, 2.05) is 0 Å². The highest BCUT2D eigenvalue weighted by Gasteiger charge is 2.15. The van der Waals surface area contributed by atoms with Crippen LogP contribution in [0, 0.1) is 0 Å². The molecule has 0 aromatic heterocycles. The number of rotatable bonds is 33. The third-order valence-electron chi connectivity index (χ3n) is 8.24. The third kappa shape index (κ3) is 33.1. The maximum absolute atomic E-state index is 12.4. The SMILES string of the molecule is CCCCCCCC/C=C\CCCCCCCCCCCC(=O)OC(CCCCCCCCCC)CCCC(=O)O. The number of hydrogen-bond donors (Lipinski definition) is 1. The third-order valence-corrected chi connectivity index (χ3v) is 8.24. The molecule has 0 aromatic carbocycles. The number of aliphatic carboxylic acids is 1. The van der Waals surface area contributed by atoms with E-state index >= 15 is 0 Å². The minimum atomic E-state index is -0.770. The molecule has 0 amide bonds.